The standard InChI is InChI=1S/C12H16N2O4/c13-9(6-11(16)17)12(18)14-10(7-15)8-4-2-1-3-5-8/h1-5,9-10,15H,6-7,13H2,(H,14,18)(H,16,17). The molecule has 0 spiro atoms. The molecule has 18 heavy (non-hydrogen) atoms. The highest BCUT2D eigenvalue weighted by Crippen LogP contribution is 2.11. The van der Waals surface area contributed by atoms with Gasteiger partial charge in [-0.25, -0.2) is 0 Å². The minimum atomic E-state index is -1.14. The monoisotopic (exact) mass is 252 g/mol. The first-order valence-electron chi connectivity index (χ1n) is 5.48. The molecule has 1 rings (SSSR count). The van der Waals surface area contributed by atoms with E-state index in [-0.39, 0.29) is 6.61 Å². The first-order chi connectivity index (χ1) is 8.54. The fraction of sp³-hybridized carbons (Fsp3) is 0.333. The van der Waals surface area contributed by atoms with Crippen molar-refractivity contribution in [2.45, 2.75) is 18.5 Å². The van der Waals surface area contributed by atoms with Gasteiger partial charge in [-0.2, -0.15) is 0 Å². The number of amides is 1. The maximum absolute atomic E-state index is 11.6. The van der Waals surface area contributed by atoms with Crippen molar-refractivity contribution >= 4 is 11.9 Å². The Morgan fingerprint density at radius 1 is 1.28 bits per heavy atom. The van der Waals surface area contributed by atoms with Crippen molar-refractivity contribution in [3.63, 3.8) is 0 Å². The van der Waals surface area contributed by atoms with Crippen LogP contribution in [0, 0.1) is 0 Å². The molecule has 0 aliphatic rings. The van der Waals surface area contributed by atoms with Crippen molar-refractivity contribution in [1.29, 1.82) is 0 Å². The number of benzene rings is 1. The van der Waals surface area contributed by atoms with Gasteiger partial charge in [0.25, 0.3) is 0 Å². The Balaban J connectivity index is 2.64. The molecule has 2 unspecified atom stereocenters. The highest BCUT2D eigenvalue weighted by Gasteiger charge is 2.20. The summed E-state index contributed by atoms with van der Waals surface area (Å²) in [6.45, 7) is -0.282. The molecule has 1 amide bonds. The summed E-state index contributed by atoms with van der Waals surface area (Å²) in [5, 5.41) is 20.3. The Kier molecular flexibility index (Phi) is 5.29. The fourth-order valence-electron chi connectivity index (χ4n) is 1.48. The maximum atomic E-state index is 11.6. The second-order valence-corrected chi connectivity index (χ2v) is 3.86. The molecular weight excluding hydrogens is 236 g/mol. The van der Waals surface area contributed by atoms with Crippen molar-refractivity contribution in [3.05, 3.63) is 35.9 Å². The summed E-state index contributed by atoms with van der Waals surface area (Å²) in [5.41, 5.74) is 6.16. The molecule has 0 aliphatic carbocycles. The highest BCUT2D eigenvalue weighted by molar-refractivity contribution is 5.86. The molecule has 1 aromatic carbocycles. The average molecular weight is 252 g/mol. The second kappa shape index (κ2) is 6.73. The summed E-state index contributed by atoms with van der Waals surface area (Å²) in [7, 11) is 0. The second-order valence-electron chi connectivity index (χ2n) is 3.86. The summed E-state index contributed by atoms with van der Waals surface area (Å²) in [4.78, 5) is 22.0. The van der Waals surface area contributed by atoms with Crippen molar-refractivity contribution < 1.29 is 19.8 Å². The van der Waals surface area contributed by atoms with E-state index in [1.54, 1.807) is 24.3 Å². The summed E-state index contributed by atoms with van der Waals surface area (Å²) in [5.74, 6) is -1.74. The Morgan fingerprint density at radius 2 is 1.89 bits per heavy atom. The summed E-state index contributed by atoms with van der Waals surface area (Å²) in [6, 6.07) is 7.17. The van der Waals surface area contributed by atoms with E-state index in [0.717, 1.165) is 5.56 Å². The van der Waals surface area contributed by atoms with E-state index in [0.29, 0.717) is 0 Å². The third-order valence-electron chi connectivity index (χ3n) is 2.43. The summed E-state index contributed by atoms with van der Waals surface area (Å²) >= 11 is 0. The van der Waals surface area contributed by atoms with Gasteiger partial charge in [0, 0.05) is 0 Å². The highest BCUT2D eigenvalue weighted by atomic mass is 16.4. The van der Waals surface area contributed by atoms with Crippen LogP contribution in [0.2, 0.25) is 0 Å². The number of carbonyl (C=O) groups excluding carboxylic acids is 1. The van der Waals surface area contributed by atoms with Gasteiger partial charge in [-0.15, -0.1) is 0 Å². The first-order valence-corrected chi connectivity index (χ1v) is 5.48. The molecule has 98 valence electrons. The zero-order chi connectivity index (χ0) is 13.5. The number of rotatable bonds is 6. The smallest absolute Gasteiger partial charge is 0.305 e. The van der Waals surface area contributed by atoms with E-state index in [4.69, 9.17) is 10.8 Å². The van der Waals surface area contributed by atoms with Gasteiger partial charge in [0.2, 0.25) is 5.91 Å². The van der Waals surface area contributed by atoms with E-state index >= 15 is 0 Å². The van der Waals surface area contributed by atoms with Crippen LogP contribution in [-0.2, 0) is 9.59 Å². The number of aliphatic hydroxyl groups excluding tert-OH is 1. The molecule has 0 saturated heterocycles. The van der Waals surface area contributed by atoms with Crippen molar-refractivity contribution in [1.82, 2.24) is 5.32 Å². The van der Waals surface area contributed by atoms with Gasteiger partial charge in [-0.05, 0) is 5.56 Å². The Labute approximate surface area is 104 Å². The molecular formula is C12H16N2O4. The molecule has 0 saturated carbocycles. The number of hydrogen-bond donors (Lipinski definition) is 4. The van der Waals surface area contributed by atoms with E-state index in [2.05, 4.69) is 5.32 Å². The third-order valence-corrected chi connectivity index (χ3v) is 2.43. The van der Waals surface area contributed by atoms with Crippen LogP contribution < -0.4 is 11.1 Å². The molecule has 0 fully saturated rings. The number of nitrogens with one attached hydrogen (secondary N) is 1. The fourth-order valence-corrected chi connectivity index (χ4v) is 1.48. The molecule has 5 N–H and O–H groups in total. The topological polar surface area (TPSA) is 113 Å². The van der Waals surface area contributed by atoms with Crippen LogP contribution in [0.15, 0.2) is 30.3 Å². The van der Waals surface area contributed by atoms with Crippen molar-refractivity contribution in [2.75, 3.05) is 6.61 Å². The van der Waals surface area contributed by atoms with Crippen molar-refractivity contribution in [3.8, 4) is 0 Å². The largest absolute Gasteiger partial charge is 0.481 e. The number of carboxylic acid groups (broad SMARTS) is 1. The minimum absolute atomic E-state index is 0.282. The Bertz CT molecular complexity index is 408. The predicted molar refractivity (Wildman–Crippen MR) is 64.6 cm³/mol. The zero-order valence-electron chi connectivity index (χ0n) is 9.74. The zero-order valence-corrected chi connectivity index (χ0v) is 9.74. The van der Waals surface area contributed by atoms with E-state index < -0.39 is 30.4 Å². The lowest BCUT2D eigenvalue weighted by atomic mass is 10.1. The molecule has 2 atom stereocenters. The molecule has 0 bridgehead atoms. The third kappa shape index (κ3) is 4.15. The molecule has 6 nitrogen and oxygen atoms in total. The molecule has 6 heteroatoms. The van der Waals surface area contributed by atoms with Crippen LogP contribution in [0.3, 0.4) is 0 Å². The van der Waals surface area contributed by atoms with Crippen LogP contribution in [0.25, 0.3) is 0 Å². The quantitative estimate of drug-likeness (QED) is 0.552. The Morgan fingerprint density at radius 3 is 2.39 bits per heavy atom. The van der Waals surface area contributed by atoms with Crippen LogP contribution >= 0.6 is 0 Å². The number of nitrogens with two attached hydrogens (primary N) is 1. The molecule has 0 heterocycles. The Hall–Kier alpha value is -1.92. The molecule has 0 radical (unpaired) electrons. The molecule has 0 aliphatic heterocycles. The van der Waals surface area contributed by atoms with Gasteiger partial charge < -0.3 is 21.3 Å². The minimum Gasteiger partial charge on any atom is -0.481 e. The van der Waals surface area contributed by atoms with Gasteiger partial charge in [-0.3, -0.25) is 9.59 Å². The average Bonchev–Trinajstić information content (AvgIpc) is 2.35. The molecule has 0 aromatic heterocycles. The number of aliphatic hydroxyl groups is 1. The van der Waals surface area contributed by atoms with Crippen LogP contribution in [0.4, 0.5) is 0 Å². The van der Waals surface area contributed by atoms with Gasteiger partial charge in [0.05, 0.1) is 25.1 Å². The van der Waals surface area contributed by atoms with Crippen LogP contribution in [-0.4, -0.2) is 34.7 Å². The number of aliphatic carboxylic acids is 1. The maximum Gasteiger partial charge on any atom is 0.305 e. The van der Waals surface area contributed by atoms with Crippen molar-refractivity contribution in [2.24, 2.45) is 5.73 Å². The SMILES string of the molecule is NC(CC(=O)O)C(=O)NC(CO)c1ccccc1. The summed E-state index contributed by atoms with van der Waals surface area (Å²) < 4.78 is 0. The first kappa shape index (κ1) is 14.1. The molecule has 1 aromatic rings. The van der Waals surface area contributed by atoms with Crippen LogP contribution in [0.5, 0.6) is 0 Å². The van der Waals surface area contributed by atoms with Crippen LogP contribution in [0.1, 0.15) is 18.0 Å². The number of carbonyl (C=O) groups is 2. The van der Waals surface area contributed by atoms with Gasteiger partial charge >= 0.3 is 5.97 Å². The van der Waals surface area contributed by atoms with E-state index in [1.807, 2.05) is 6.07 Å². The van der Waals surface area contributed by atoms with E-state index in [1.165, 1.54) is 0 Å². The predicted octanol–water partition coefficient (Wildman–Crippen LogP) is -0.362. The lowest BCUT2D eigenvalue weighted by Gasteiger charge is -2.18. The van der Waals surface area contributed by atoms with E-state index in [9.17, 15) is 14.7 Å². The number of hydrogen-bond acceptors (Lipinski definition) is 4. The van der Waals surface area contributed by atoms with Gasteiger partial charge in [-0.1, -0.05) is 30.3 Å². The lowest BCUT2D eigenvalue weighted by Crippen LogP contribution is -2.44. The van der Waals surface area contributed by atoms with Gasteiger partial charge in [0.1, 0.15) is 0 Å². The van der Waals surface area contributed by atoms with Gasteiger partial charge in [0.15, 0.2) is 0 Å². The lowest BCUT2D eigenvalue weighted by molar-refractivity contribution is -0.139. The summed E-state index contributed by atoms with van der Waals surface area (Å²) in [6.07, 6.45) is -0.446. The number of carboxylic acids is 1. The normalized spacial score (nSPS) is 13.7.